The minimum Gasteiger partial charge on any atom is -0.519 e. The molecule has 6 fully saturated rings. The molecule has 6 saturated heterocycles. The number of halogens is 6. The Kier molecular flexibility index (Phi) is 6.16. The molecule has 8 nitrogen and oxygen atoms in total. The Morgan fingerprint density at radius 3 is 1.60 bits per heavy atom. The van der Waals surface area contributed by atoms with E-state index in [0.29, 0.717) is 47.0 Å². The molecule has 0 N–H and O–H groups in total. The summed E-state index contributed by atoms with van der Waals surface area (Å²) in [6.45, 7) is 8.64. The van der Waals surface area contributed by atoms with Gasteiger partial charge in [-0.3, -0.25) is 9.13 Å². The van der Waals surface area contributed by atoms with Gasteiger partial charge in [-0.1, -0.05) is 0 Å². The van der Waals surface area contributed by atoms with Crippen molar-refractivity contribution in [1.82, 2.24) is 19.1 Å². The Hall–Kier alpha value is -3.39. The van der Waals surface area contributed by atoms with Gasteiger partial charge in [0, 0.05) is 38.0 Å². The summed E-state index contributed by atoms with van der Waals surface area (Å²) < 4.78 is 96.8. The van der Waals surface area contributed by atoms with E-state index >= 15 is 0 Å². The van der Waals surface area contributed by atoms with Gasteiger partial charge in [0.25, 0.3) is 12.0 Å². The monoisotopic (exact) mass is 674 g/mol. The molecule has 2 unspecified atom stereocenters. The summed E-state index contributed by atoms with van der Waals surface area (Å²) in [6, 6.07) is 8.57. The predicted octanol–water partition coefficient (Wildman–Crippen LogP) is 3.41. The second kappa shape index (κ2) is 9.64. The zero-order valence-corrected chi connectivity index (χ0v) is 24.9. The molecule has 4 bridgehead atoms. The highest BCUT2D eigenvalue weighted by Crippen LogP contribution is 2.49. The lowest BCUT2D eigenvalue weighted by Gasteiger charge is -2.60. The standard InChI is InChI=1S/2C16H19BF3N3O/c17-23-5-3-10(4-6-23)15(9-23)8-22-13-2-1-11(16(18,19)20)7-12(13)21-14(22)24-15;17-23-5-3-10(4-6-23)15(9-23)8-22-13-7-11(16(18,19)20)1-2-12(13)21-14(22)24-15/h2*1-2,7,10H,3-6,8-9H2,17H3. The zero-order chi connectivity index (χ0) is 33.5. The van der Waals surface area contributed by atoms with Gasteiger partial charge in [0.1, 0.15) is 0 Å². The second-order valence-corrected chi connectivity index (χ2v) is 13.8. The summed E-state index contributed by atoms with van der Waals surface area (Å²) in [5.74, 6) is 1.07. The van der Waals surface area contributed by atoms with Crippen molar-refractivity contribution in [3.8, 4) is 12.0 Å². The number of ether oxygens (including phenoxy) is 2. The number of benzene rings is 2. The first kappa shape index (κ1) is 30.7. The number of piperidine rings is 6. The summed E-state index contributed by atoms with van der Waals surface area (Å²) in [7, 11) is 0.354. The minimum absolute atomic E-state index is 0.163. The van der Waals surface area contributed by atoms with Crippen LogP contribution in [0.3, 0.4) is 0 Å². The number of hydrogen-bond acceptors (Lipinski definition) is 4. The van der Waals surface area contributed by atoms with Gasteiger partial charge in [0.15, 0.2) is 27.2 Å². The Bertz CT molecular complexity index is 1960. The Morgan fingerprint density at radius 1 is 0.646 bits per heavy atom. The SMILES string of the molecule is [BH3-][N+]12CCC(CC1)C1(Cn3c(nc4cc(C(F)(F)F)ccc43)O1)C2.[BH3-][N+]12CCC(CC1)C1(Cn3c(nc4ccc(C(F)(F)F)cc43)O1)C2. The third-order valence-corrected chi connectivity index (χ3v) is 11.2. The molecule has 8 aliphatic rings. The number of imidazole rings is 2. The van der Waals surface area contributed by atoms with Gasteiger partial charge >= 0.3 is 12.4 Å². The molecule has 2 aromatic heterocycles. The molecule has 12 rings (SSSR count). The maximum Gasteiger partial charge on any atom is 0.416 e. The van der Waals surface area contributed by atoms with Gasteiger partial charge in [-0.25, -0.2) is 0 Å². The smallest absolute Gasteiger partial charge is 0.416 e. The van der Waals surface area contributed by atoms with Crippen LogP contribution in [0.1, 0.15) is 36.8 Å². The van der Waals surface area contributed by atoms with Crippen molar-refractivity contribution < 1.29 is 44.6 Å². The van der Waals surface area contributed by atoms with E-state index in [1.54, 1.807) is 0 Å². The number of nitrogens with zero attached hydrogens (tertiary/aromatic N) is 6. The molecule has 0 saturated carbocycles. The number of rotatable bonds is 0. The molecule has 10 heterocycles. The van der Waals surface area contributed by atoms with Crippen molar-refractivity contribution in [1.29, 1.82) is 0 Å². The highest BCUT2D eigenvalue weighted by molar-refractivity contribution is 5.97. The topological polar surface area (TPSA) is 54.1 Å². The first-order chi connectivity index (χ1) is 22.6. The van der Waals surface area contributed by atoms with E-state index in [2.05, 4.69) is 9.97 Å². The van der Waals surface area contributed by atoms with Gasteiger partial charge in [-0.2, -0.15) is 36.3 Å². The van der Waals surface area contributed by atoms with Crippen LogP contribution in [-0.2, 0) is 25.4 Å². The number of aromatic nitrogens is 4. The van der Waals surface area contributed by atoms with Crippen molar-refractivity contribution in [3.63, 3.8) is 0 Å². The first-order valence-electron chi connectivity index (χ1n) is 15.9. The van der Waals surface area contributed by atoms with Crippen LogP contribution in [0.25, 0.3) is 22.1 Å². The van der Waals surface area contributed by atoms with Crippen molar-refractivity contribution in [3.05, 3.63) is 47.5 Å². The largest absolute Gasteiger partial charge is 0.519 e. The Balaban J connectivity index is 0.000000131. The Morgan fingerprint density at radius 2 is 1.10 bits per heavy atom. The van der Waals surface area contributed by atoms with Crippen molar-refractivity contribution in [2.24, 2.45) is 11.8 Å². The zero-order valence-electron chi connectivity index (χ0n) is 24.9. The lowest BCUT2D eigenvalue weighted by molar-refractivity contribution is -0.845. The molecule has 0 amide bonds. The van der Waals surface area contributed by atoms with E-state index in [9.17, 15) is 26.3 Å². The molecule has 256 valence electrons. The number of fused-ring (bicyclic) bond motifs is 10. The number of alkyl halides is 6. The van der Waals surface area contributed by atoms with Gasteiger partial charge in [0.2, 0.25) is 0 Å². The minimum atomic E-state index is -4.34. The summed E-state index contributed by atoms with van der Waals surface area (Å²) >= 11 is 0. The lowest BCUT2D eigenvalue weighted by Crippen LogP contribution is -2.70. The number of hydrogen-bond donors (Lipinski definition) is 0. The molecular weight excluding hydrogens is 636 g/mol. The van der Waals surface area contributed by atoms with Gasteiger partial charge in [-0.15, -0.1) is 0 Å². The average Bonchev–Trinajstić information content (AvgIpc) is 3.72. The van der Waals surface area contributed by atoms with Crippen LogP contribution in [0.5, 0.6) is 12.0 Å². The van der Waals surface area contributed by atoms with E-state index < -0.39 is 23.5 Å². The van der Waals surface area contributed by atoms with Gasteiger partial charge in [-0.05, 0) is 62.1 Å². The molecule has 2 atom stereocenters. The fourth-order valence-corrected chi connectivity index (χ4v) is 8.82. The van der Waals surface area contributed by atoms with E-state index in [1.165, 1.54) is 78.8 Å². The van der Waals surface area contributed by atoms with Crippen molar-refractivity contribution in [2.45, 2.75) is 62.3 Å². The molecule has 2 aromatic carbocycles. The van der Waals surface area contributed by atoms with E-state index in [0.717, 1.165) is 43.4 Å². The van der Waals surface area contributed by atoms with Crippen molar-refractivity contribution in [2.75, 3.05) is 39.3 Å². The number of quaternary nitrogens is 2. The fraction of sp³-hybridized carbons (Fsp3) is 0.562. The summed E-state index contributed by atoms with van der Waals surface area (Å²) in [4.78, 5) is 8.84. The van der Waals surface area contributed by atoms with Crippen LogP contribution in [0.2, 0.25) is 0 Å². The van der Waals surface area contributed by atoms with Gasteiger partial charge < -0.3 is 18.3 Å². The molecule has 2 spiro atoms. The highest BCUT2D eigenvalue weighted by atomic mass is 19.4. The second-order valence-electron chi connectivity index (χ2n) is 13.8. The van der Waals surface area contributed by atoms with E-state index in [1.807, 2.05) is 9.13 Å². The van der Waals surface area contributed by atoms with E-state index in [-0.39, 0.29) is 27.2 Å². The van der Waals surface area contributed by atoms with E-state index in [4.69, 9.17) is 9.47 Å². The summed E-state index contributed by atoms with van der Waals surface area (Å²) in [5, 5.41) is 0. The van der Waals surface area contributed by atoms with Crippen LogP contribution in [0.15, 0.2) is 36.4 Å². The highest BCUT2D eigenvalue weighted by Gasteiger charge is 2.58. The normalized spacial score (nSPS) is 34.8. The van der Waals surface area contributed by atoms with Crippen LogP contribution < -0.4 is 9.47 Å². The van der Waals surface area contributed by atoms with Crippen molar-refractivity contribution >= 4 is 38.0 Å². The molecular formula is C32H38B2F6N6O2. The van der Waals surface area contributed by atoms with Crippen LogP contribution in [0, 0.1) is 11.8 Å². The average molecular weight is 674 g/mol. The third kappa shape index (κ3) is 4.60. The Labute approximate surface area is 274 Å². The molecule has 48 heavy (non-hydrogen) atoms. The summed E-state index contributed by atoms with van der Waals surface area (Å²) in [6.07, 6.45) is -3.89. The molecule has 0 aliphatic carbocycles. The first-order valence-corrected chi connectivity index (χ1v) is 15.9. The third-order valence-electron chi connectivity index (χ3n) is 11.2. The molecule has 4 aromatic rings. The molecule has 8 aliphatic heterocycles. The molecule has 16 heteroatoms. The fourth-order valence-electron chi connectivity index (χ4n) is 8.82. The van der Waals surface area contributed by atoms with Crippen LogP contribution in [0.4, 0.5) is 26.3 Å². The van der Waals surface area contributed by atoms with Gasteiger partial charge in [0.05, 0.1) is 59.4 Å². The predicted molar refractivity (Wildman–Crippen MR) is 171 cm³/mol. The summed E-state index contributed by atoms with van der Waals surface area (Å²) in [5.41, 5.74) is 0.571. The maximum absolute atomic E-state index is 13.0. The van der Waals surface area contributed by atoms with Crippen LogP contribution >= 0.6 is 0 Å². The quantitative estimate of drug-likeness (QED) is 0.212. The van der Waals surface area contributed by atoms with Crippen LogP contribution in [-0.4, -0.2) is 94.3 Å². The lowest BCUT2D eigenvalue weighted by atomic mass is 9.71. The maximum atomic E-state index is 13.0. The molecule has 0 radical (unpaired) electrons.